The first-order valence-corrected chi connectivity index (χ1v) is 7.03. The second kappa shape index (κ2) is 6.29. The van der Waals surface area contributed by atoms with Gasteiger partial charge in [-0.1, -0.05) is 0 Å². The zero-order chi connectivity index (χ0) is 13.0. The summed E-state index contributed by atoms with van der Waals surface area (Å²) < 4.78 is 0. The van der Waals surface area contributed by atoms with Gasteiger partial charge in [-0.15, -0.1) is 11.3 Å². The van der Waals surface area contributed by atoms with Crippen LogP contribution in [-0.4, -0.2) is 37.0 Å². The maximum absolute atomic E-state index is 11.4. The Morgan fingerprint density at radius 1 is 1.56 bits per heavy atom. The maximum atomic E-state index is 11.4. The molecular formula is C12H20N4OS. The number of piperidine rings is 1. The van der Waals surface area contributed by atoms with Crippen LogP contribution in [0.3, 0.4) is 0 Å². The fourth-order valence-corrected chi connectivity index (χ4v) is 3.25. The zero-order valence-corrected chi connectivity index (χ0v) is 11.4. The summed E-state index contributed by atoms with van der Waals surface area (Å²) in [5, 5.41) is 3.37. The first kappa shape index (κ1) is 13.5. The van der Waals surface area contributed by atoms with Crippen molar-refractivity contribution in [3.63, 3.8) is 0 Å². The van der Waals surface area contributed by atoms with E-state index < -0.39 is 0 Å². The average molecular weight is 268 g/mol. The van der Waals surface area contributed by atoms with Gasteiger partial charge in [-0.2, -0.15) is 0 Å². The molecule has 0 aromatic carbocycles. The molecule has 5 nitrogen and oxygen atoms in total. The number of carbonyl (C=O) groups is 1. The van der Waals surface area contributed by atoms with Crippen LogP contribution >= 0.6 is 11.3 Å². The molecule has 0 atom stereocenters. The SMILES string of the molecule is CN(Cc1ccc(C(=O)NN)s1)C1CCNCC1. The van der Waals surface area contributed by atoms with Crippen molar-refractivity contribution in [3.8, 4) is 0 Å². The Morgan fingerprint density at radius 2 is 2.28 bits per heavy atom. The number of hydrogen-bond donors (Lipinski definition) is 3. The van der Waals surface area contributed by atoms with Crippen LogP contribution in [0.1, 0.15) is 27.4 Å². The number of carbonyl (C=O) groups excluding carboxylic acids is 1. The highest BCUT2D eigenvalue weighted by atomic mass is 32.1. The summed E-state index contributed by atoms with van der Waals surface area (Å²) in [4.78, 5) is 15.6. The second-order valence-corrected chi connectivity index (χ2v) is 5.80. The van der Waals surface area contributed by atoms with Crippen LogP contribution in [-0.2, 0) is 6.54 Å². The third kappa shape index (κ3) is 3.29. The fourth-order valence-electron chi connectivity index (χ4n) is 2.28. The molecule has 1 aromatic heterocycles. The Labute approximate surface area is 111 Å². The van der Waals surface area contributed by atoms with Gasteiger partial charge in [0.1, 0.15) is 0 Å². The van der Waals surface area contributed by atoms with Crippen LogP contribution in [0.25, 0.3) is 0 Å². The molecule has 0 saturated carbocycles. The van der Waals surface area contributed by atoms with E-state index in [4.69, 9.17) is 5.84 Å². The molecule has 1 aliphatic heterocycles. The minimum atomic E-state index is -0.212. The van der Waals surface area contributed by atoms with Gasteiger partial charge in [0.25, 0.3) is 5.91 Å². The van der Waals surface area contributed by atoms with Crippen LogP contribution in [0.15, 0.2) is 12.1 Å². The lowest BCUT2D eigenvalue weighted by Gasteiger charge is -2.31. The van der Waals surface area contributed by atoms with Crippen molar-refractivity contribution in [2.24, 2.45) is 5.84 Å². The summed E-state index contributed by atoms with van der Waals surface area (Å²) in [5.41, 5.74) is 2.16. The normalized spacial score (nSPS) is 17.1. The van der Waals surface area contributed by atoms with E-state index in [1.807, 2.05) is 12.1 Å². The fraction of sp³-hybridized carbons (Fsp3) is 0.583. The molecule has 1 fully saturated rings. The number of thiophene rings is 1. The molecule has 1 amide bonds. The average Bonchev–Trinajstić information content (AvgIpc) is 2.87. The Balaban J connectivity index is 1.92. The van der Waals surface area contributed by atoms with Crippen LogP contribution in [0.2, 0.25) is 0 Å². The molecule has 0 bridgehead atoms. The standard InChI is InChI=1S/C12H20N4OS/c1-16(9-4-6-14-7-5-9)8-10-2-3-11(18-10)12(17)15-13/h2-3,9,14H,4-8,13H2,1H3,(H,15,17). The smallest absolute Gasteiger partial charge is 0.275 e. The molecule has 1 saturated heterocycles. The lowest BCUT2D eigenvalue weighted by Crippen LogP contribution is -2.40. The molecule has 2 heterocycles. The van der Waals surface area contributed by atoms with Gasteiger partial charge >= 0.3 is 0 Å². The quantitative estimate of drug-likeness (QED) is 0.423. The molecule has 0 unspecified atom stereocenters. The number of rotatable bonds is 4. The maximum Gasteiger partial charge on any atom is 0.275 e. The molecule has 4 N–H and O–H groups in total. The van der Waals surface area contributed by atoms with Crippen molar-refractivity contribution in [2.75, 3.05) is 20.1 Å². The van der Waals surface area contributed by atoms with Crippen molar-refractivity contribution >= 4 is 17.2 Å². The van der Waals surface area contributed by atoms with E-state index >= 15 is 0 Å². The molecule has 2 rings (SSSR count). The van der Waals surface area contributed by atoms with Crippen LogP contribution < -0.4 is 16.6 Å². The summed E-state index contributed by atoms with van der Waals surface area (Å²) in [6.45, 7) is 3.09. The topological polar surface area (TPSA) is 70.4 Å². The first-order valence-electron chi connectivity index (χ1n) is 6.21. The highest BCUT2D eigenvalue weighted by Gasteiger charge is 2.18. The van der Waals surface area contributed by atoms with Crippen LogP contribution in [0.4, 0.5) is 0 Å². The number of nitrogens with two attached hydrogens (primary N) is 1. The lowest BCUT2D eigenvalue weighted by molar-refractivity contribution is 0.0957. The van der Waals surface area contributed by atoms with E-state index in [9.17, 15) is 4.79 Å². The molecule has 0 aliphatic carbocycles. The van der Waals surface area contributed by atoms with E-state index in [0.29, 0.717) is 10.9 Å². The second-order valence-electron chi connectivity index (χ2n) is 4.64. The van der Waals surface area contributed by atoms with Gasteiger partial charge in [0.2, 0.25) is 0 Å². The van der Waals surface area contributed by atoms with E-state index in [1.54, 1.807) is 0 Å². The van der Waals surface area contributed by atoms with Crippen molar-refractivity contribution in [3.05, 3.63) is 21.9 Å². The monoisotopic (exact) mass is 268 g/mol. The number of nitrogen functional groups attached to an aromatic ring is 1. The lowest BCUT2D eigenvalue weighted by atomic mass is 10.1. The predicted octanol–water partition coefficient (Wildman–Crippen LogP) is 0.535. The predicted molar refractivity (Wildman–Crippen MR) is 73.3 cm³/mol. The van der Waals surface area contributed by atoms with E-state index in [0.717, 1.165) is 19.6 Å². The molecule has 18 heavy (non-hydrogen) atoms. The molecule has 1 aliphatic rings. The Bertz CT molecular complexity index is 401. The number of nitrogens with zero attached hydrogens (tertiary/aromatic N) is 1. The third-order valence-corrected chi connectivity index (χ3v) is 4.42. The molecule has 0 spiro atoms. The van der Waals surface area contributed by atoms with Gasteiger partial charge in [-0.3, -0.25) is 15.1 Å². The number of hydrogen-bond acceptors (Lipinski definition) is 5. The summed E-state index contributed by atoms with van der Waals surface area (Å²) >= 11 is 1.51. The molecule has 0 radical (unpaired) electrons. The van der Waals surface area contributed by atoms with Gasteiger partial charge in [0.15, 0.2) is 0 Å². The van der Waals surface area contributed by atoms with Gasteiger partial charge in [0.05, 0.1) is 4.88 Å². The zero-order valence-electron chi connectivity index (χ0n) is 10.6. The molecule has 6 heteroatoms. The minimum Gasteiger partial charge on any atom is -0.317 e. The summed E-state index contributed by atoms with van der Waals surface area (Å²) in [7, 11) is 2.15. The number of hydrazine groups is 1. The summed E-state index contributed by atoms with van der Waals surface area (Å²) in [6, 6.07) is 4.48. The van der Waals surface area contributed by atoms with Crippen molar-refractivity contribution in [1.82, 2.24) is 15.6 Å². The van der Waals surface area contributed by atoms with Crippen LogP contribution in [0, 0.1) is 0 Å². The van der Waals surface area contributed by atoms with Crippen molar-refractivity contribution < 1.29 is 4.79 Å². The van der Waals surface area contributed by atoms with Gasteiger partial charge in [-0.25, -0.2) is 5.84 Å². The Kier molecular flexibility index (Phi) is 4.71. The highest BCUT2D eigenvalue weighted by molar-refractivity contribution is 7.14. The molecule has 100 valence electrons. The molecular weight excluding hydrogens is 248 g/mol. The molecule has 1 aromatic rings. The van der Waals surface area contributed by atoms with E-state index in [1.165, 1.54) is 29.1 Å². The van der Waals surface area contributed by atoms with E-state index in [-0.39, 0.29) is 5.91 Å². The minimum absolute atomic E-state index is 0.212. The Hall–Kier alpha value is -0.950. The van der Waals surface area contributed by atoms with Gasteiger partial charge in [-0.05, 0) is 45.1 Å². The Morgan fingerprint density at radius 3 is 2.94 bits per heavy atom. The van der Waals surface area contributed by atoms with Crippen molar-refractivity contribution in [2.45, 2.75) is 25.4 Å². The van der Waals surface area contributed by atoms with Crippen LogP contribution in [0.5, 0.6) is 0 Å². The summed E-state index contributed by atoms with van der Waals surface area (Å²) in [5.74, 6) is 4.91. The number of amides is 1. The third-order valence-electron chi connectivity index (χ3n) is 3.35. The summed E-state index contributed by atoms with van der Waals surface area (Å²) in [6.07, 6.45) is 2.38. The van der Waals surface area contributed by atoms with Crippen molar-refractivity contribution in [1.29, 1.82) is 0 Å². The highest BCUT2D eigenvalue weighted by Crippen LogP contribution is 2.20. The van der Waals surface area contributed by atoms with E-state index in [2.05, 4.69) is 22.7 Å². The number of nitrogens with one attached hydrogen (secondary N) is 2. The van der Waals surface area contributed by atoms with Gasteiger partial charge < -0.3 is 5.32 Å². The largest absolute Gasteiger partial charge is 0.317 e. The first-order chi connectivity index (χ1) is 8.70. The van der Waals surface area contributed by atoms with Gasteiger partial charge in [0, 0.05) is 17.5 Å².